The molecule has 0 aliphatic carbocycles. The number of nitrogens with zero attached hydrogens (tertiary/aromatic N) is 2. The van der Waals surface area contributed by atoms with Crippen molar-refractivity contribution < 1.29 is 19.1 Å². The van der Waals surface area contributed by atoms with Crippen LogP contribution in [0.15, 0.2) is 35.1 Å². The van der Waals surface area contributed by atoms with E-state index in [0.717, 1.165) is 6.42 Å². The largest absolute Gasteiger partial charge is 0.451 e. The number of ether oxygens (including phenoxy) is 2. The lowest BCUT2D eigenvalue weighted by Crippen LogP contribution is -2.35. The summed E-state index contributed by atoms with van der Waals surface area (Å²) in [5, 5.41) is 2.59. The number of nitrogens with one attached hydrogen (secondary N) is 1. The lowest BCUT2D eigenvalue weighted by atomic mass is 10.2. The third-order valence-electron chi connectivity index (χ3n) is 4.66. The minimum Gasteiger partial charge on any atom is -0.451 e. The van der Waals surface area contributed by atoms with E-state index in [1.807, 2.05) is 18.2 Å². The Hall–Kier alpha value is -2.87. The highest BCUT2D eigenvalue weighted by atomic mass is 16.6. The predicted octanol–water partition coefficient (Wildman–Crippen LogP) is 1.53. The fourth-order valence-corrected chi connectivity index (χ4v) is 3.00. The van der Waals surface area contributed by atoms with Crippen molar-refractivity contribution in [3.05, 3.63) is 46.4 Å². The molecular formula is C19H23N3O5. The van der Waals surface area contributed by atoms with E-state index >= 15 is 0 Å². The van der Waals surface area contributed by atoms with Crippen molar-refractivity contribution in [3.8, 4) is 5.69 Å². The number of hydrogen-bond donors (Lipinski definition) is 1. The molecule has 1 aliphatic rings. The van der Waals surface area contributed by atoms with Crippen LogP contribution >= 0.6 is 0 Å². The minimum absolute atomic E-state index is 0.159. The van der Waals surface area contributed by atoms with Crippen LogP contribution in [0.2, 0.25) is 0 Å². The van der Waals surface area contributed by atoms with Gasteiger partial charge in [-0.15, -0.1) is 0 Å². The van der Waals surface area contributed by atoms with E-state index in [4.69, 9.17) is 9.47 Å². The Bertz CT molecular complexity index is 894. The van der Waals surface area contributed by atoms with Gasteiger partial charge >= 0.3 is 5.97 Å². The first-order chi connectivity index (χ1) is 12.9. The summed E-state index contributed by atoms with van der Waals surface area (Å²) >= 11 is 0. The third-order valence-corrected chi connectivity index (χ3v) is 4.66. The molecule has 3 rings (SSSR count). The maximum Gasteiger partial charge on any atom is 0.336 e. The van der Waals surface area contributed by atoms with Gasteiger partial charge in [0.05, 0.1) is 11.4 Å². The number of hydrogen-bond acceptors (Lipinski definition) is 5. The highest BCUT2D eigenvalue weighted by Crippen LogP contribution is 2.16. The van der Waals surface area contributed by atoms with Crippen molar-refractivity contribution in [3.63, 3.8) is 0 Å². The van der Waals surface area contributed by atoms with Gasteiger partial charge in [0.25, 0.3) is 11.5 Å². The summed E-state index contributed by atoms with van der Waals surface area (Å²) in [6, 6.07) is 9.12. The molecule has 8 nitrogen and oxygen atoms in total. The van der Waals surface area contributed by atoms with Crippen LogP contribution in [-0.4, -0.2) is 40.1 Å². The normalized spacial score (nSPS) is 17.5. The van der Waals surface area contributed by atoms with E-state index in [2.05, 4.69) is 5.32 Å². The number of para-hydroxylation sites is 1. The summed E-state index contributed by atoms with van der Waals surface area (Å²) in [5.74, 6) is -1.12. The van der Waals surface area contributed by atoms with Gasteiger partial charge in [-0.3, -0.25) is 14.3 Å². The summed E-state index contributed by atoms with van der Waals surface area (Å²) in [7, 11) is 1.74. The van der Waals surface area contributed by atoms with E-state index in [9.17, 15) is 14.4 Å². The van der Waals surface area contributed by atoms with E-state index in [0.29, 0.717) is 24.4 Å². The van der Waals surface area contributed by atoms with Crippen LogP contribution in [0.4, 0.5) is 5.69 Å². The maximum absolute atomic E-state index is 12.8. The Morgan fingerprint density at radius 2 is 2.00 bits per heavy atom. The molecule has 8 heteroatoms. The Balaban J connectivity index is 1.76. The van der Waals surface area contributed by atoms with Gasteiger partial charge in [-0.2, -0.15) is 0 Å². The van der Waals surface area contributed by atoms with Crippen LogP contribution in [0.5, 0.6) is 0 Å². The molecule has 0 unspecified atom stereocenters. The zero-order valence-electron chi connectivity index (χ0n) is 15.6. The number of carbonyl (C=O) groups excluding carboxylic acids is 2. The number of rotatable bonds is 5. The molecule has 1 aromatic carbocycles. The van der Waals surface area contributed by atoms with Crippen molar-refractivity contribution in [2.75, 3.05) is 11.9 Å². The molecule has 144 valence electrons. The van der Waals surface area contributed by atoms with Gasteiger partial charge < -0.3 is 14.8 Å². The van der Waals surface area contributed by atoms with Crippen LogP contribution < -0.4 is 10.9 Å². The van der Waals surface area contributed by atoms with E-state index in [1.54, 1.807) is 30.8 Å². The van der Waals surface area contributed by atoms with Crippen molar-refractivity contribution in [1.29, 1.82) is 0 Å². The van der Waals surface area contributed by atoms with E-state index < -0.39 is 24.1 Å². The van der Waals surface area contributed by atoms with E-state index in [1.165, 1.54) is 11.6 Å². The first kappa shape index (κ1) is 18.9. The molecule has 1 fully saturated rings. The molecule has 27 heavy (non-hydrogen) atoms. The van der Waals surface area contributed by atoms with Gasteiger partial charge in [0.2, 0.25) is 0 Å². The Morgan fingerprint density at radius 3 is 2.63 bits per heavy atom. The smallest absolute Gasteiger partial charge is 0.336 e. The number of esters is 1. The van der Waals surface area contributed by atoms with Crippen LogP contribution in [0, 0.1) is 6.92 Å². The molecule has 0 saturated carbocycles. The zero-order chi connectivity index (χ0) is 19.6. The Morgan fingerprint density at radius 1 is 1.30 bits per heavy atom. The molecule has 2 atom stereocenters. The number of carbonyl (C=O) groups is 2. The van der Waals surface area contributed by atoms with Crippen LogP contribution in [0.25, 0.3) is 5.69 Å². The molecule has 1 N–H and O–H groups in total. The fraction of sp³-hybridized carbons (Fsp3) is 0.421. The highest BCUT2D eigenvalue weighted by Gasteiger charge is 2.29. The second-order valence-corrected chi connectivity index (χ2v) is 6.51. The van der Waals surface area contributed by atoms with Crippen molar-refractivity contribution >= 4 is 17.6 Å². The zero-order valence-corrected chi connectivity index (χ0v) is 15.6. The topological polar surface area (TPSA) is 91.6 Å². The maximum atomic E-state index is 12.8. The second kappa shape index (κ2) is 7.79. The van der Waals surface area contributed by atoms with Crippen LogP contribution in [0.1, 0.15) is 25.5 Å². The average Bonchev–Trinajstić information content (AvgIpc) is 3.26. The molecule has 0 spiro atoms. The SMILES string of the molecule is Cc1c(NC(=O)[C@H](C)OC(=O)[C@@H]2CCCO2)c(=O)n(-c2ccccc2)n1C. The Kier molecular flexibility index (Phi) is 5.46. The van der Waals surface area contributed by atoms with Gasteiger partial charge in [-0.1, -0.05) is 18.2 Å². The van der Waals surface area contributed by atoms with Crippen molar-refractivity contribution in [1.82, 2.24) is 9.36 Å². The number of aromatic nitrogens is 2. The molecule has 1 aliphatic heterocycles. The Labute approximate surface area is 156 Å². The molecule has 0 radical (unpaired) electrons. The lowest BCUT2D eigenvalue weighted by molar-refractivity contribution is -0.162. The molecule has 2 heterocycles. The monoisotopic (exact) mass is 373 g/mol. The van der Waals surface area contributed by atoms with Gasteiger partial charge in [0.1, 0.15) is 5.69 Å². The van der Waals surface area contributed by atoms with Gasteiger partial charge in [-0.05, 0) is 38.8 Å². The first-order valence-corrected chi connectivity index (χ1v) is 8.87. The molecule has 0 bridgehead atoms. The van der Waals surface area contributed by atoms with Crippen LogP contribution in [0.3, 0.4) is 0 Å². The summed E-state index contributed by atoms with van der Waals surface area (Å²) in [6.07, 6.45) is -0.269. The third kappa shape index (κ3) is 3.80. The summed E-state index contributed by atoms with van der Waals surface area (Å²) in [5.41, 5.74) is 1.08. The van der Waals surface area contributed by atoms with Crippen LogP contribution in [-0.2, 0) is 26.1 Å². The van der Waals surface area contributed by atoms with Gasteiger partial charge in [-0.25, -0.2) is 9.48 Å². The standard InChI is InChI=1S/C19H23N3O5/c1-12-16(18(24)22(21(12)3)14-8-5-4-6-9-14)20-17(23)13(2)27-19(25)15-10-7-11-26-15/h4-6,8-9,13,15H,7,10-11H2,1-3H3,(H,20,23)/t13-,15-/m0/s1. The molecule has 1 amide bonds. The second-order valence-electron chi connectivity index (χ2n) is 6.51. The van der Waals surface area contributed by atoms with E-state index in [-0.39, 0.29) is 11.2 Å². The van der Waals surface area contributed by atoms with Gasteiger partial charge in [0.15, 0.2) is 12.2 Å². The summed E-state index contributed by atoms with van der Waals surface area (Å²) in [6.45, 7) is 3.72. The van der Waals surface area contributed by atoms with Crippen molar-refractivity contribution in [2.24, 2.45) is 7.05 Å². The summed E-state index contributed by atoms with van der Waals surface area (Å²) in [4.78, 5) is 37.2. The fourth-order valence-electron chi connectivity index (χ4n) is 3.00. The number of benzene rings is 1. The highest BCUT2D eigenvalue weighted by molar-refractivity contribution is 5.95. The average molecular weight is 373 g/mol. The number of anilines is 1. The number of amides is 1. The molecule has 1 aromatic heterocycles. The first-order valence-electron chi connectivity index (χ1n) is 8.87. The quantitative estimate of drug-likeness (QED) is 0.803. The molecular weight excluding hydrogens is 350 g/mol. The van der Waals surface area contributed by atoms with Crippen molar-refractivity contribution in [2.45, 2.75) is 38.9 Å². The molecule has 1 saturated heterocycles. The predicted molar refractivity (Wildman–Crippen MR) is 98.9 cm³/mol. The lowest BCUT2D eigenvalue weighted by Gasteiger charge is -2.15. The summed E-state index contributed by atoms with van der Waals surface area (Å²) < 4.78 is 13.6. The molecule has 2 aromatic rings. The minimum atomic E-state index is -1.04. The van der Waals surface area contributed by atoms with Gasteiger partial charge in [0, 0.05) is 13.7 Å².